The van der Waals surface area contributed by atoms with Crippen molar-refractivity contribution in [1.82, 2.24) is 0 Å². The molecule has 124 heavy (non-hydrogen) atoms. The van der Waals surface area contributed by atoms with Crippen molar-refractivity contribution in [3.8, 4) is 5.75 Å². The van der Waals surface area contributed by atoms with Crippen LogP contribution < -0.4 is 19.4 Å². The molecular formula is C106H89ClF3N3O2S9. The predicted octanol–water partition coefficient (Wildman–Crippen LogP) is 31.2. The molecule has 18 heteroatoms. The van der Waals surface area contributed by atoms with E-state index in [9.17, 15) is 18.0 Å². The third-order valence-corrected chi connectivity index (χ3v) is 31.9. The molecule has 7 aliphatic heterocycles. The molecule has 0 N–H and O–H groups in total. The molecule has 0 saturated carbocycles. The van der Waals surface area contributed by atoms with E-state index >= 15 is 0 Å². The molecule has 0 fully saturated rings. The first-order valence-electron chi connectivity index (χ1n) is 40.8. The average Bonchev–Trinajstić information content (AvgIpc) is 0.749. The molecule has 0 aromatic heterocycles. The molecular weight excluding hydrogens is 1730 g/mol. The molecule has 0 atom stereocenters. The van der Waals surface area contributed by atoms with E-state index in [4.69, 9.17) is 16.3 Å². The van der Waals surface area contributed by atoms with E-state index in [0.717, 1.165) is 108 Å². The molecule has 5 nitrogen and oxygen atoms in total. The van der Waals surface area contributed by atoms with Gasteiger partial charge in [0.15, 0.2) is 0 Å². The minimum atomic E-state index is -4.27. The van der Waals surface area contributed by atoms with Gasteiger partial charge in [-0.1, -0.05) is 246 Å². The number of alkyl halides is 3. The van der Waals surface area contributed by atoms with Crippen LogP contribution in [0, 0.1) is 0 Å². The summed E-state index contributed by atoms with van der Waals surface area (Å²) < 4.78 is 43.2. The summed E-state index contributed by atoms with van der Waals surface area (Å²) in [7, 11) is 9.83. The van der Waals surface area contributed by atoms with Crippen molar-refractivity contribution < 1.29 is 22.7 Å². The van der Waals surface area contributed by atoms with Crippen LogP contribution in [0.3, 0.4) is 0 Å². The van der Waals surface area contributed by atoms with Crippen LogP contribution in [-0.4, -0.2) is 53.2 Å². The summed E-state index contributed by atoms with van der Waals surface area (Å²) in [4.78, 5) is 40.3. The van der Waals surface area contributed by atoms with Gasteiger partial charge >= 0.3 is 6.18 Å². The van der Waals surface area contributed by atoms with Gasteiger partial charge in [0.25, 0.3) is 5.91 Å². The number of rotatable bonds is 7. The van der Waals surface area contributed by atoms with Gasteiger partial charge < -0.3 is 14.5 Å². The number of fused-ring (bicyclic) bond motifs is 14. The summed E-state index contributed by atoms with van der Waals surface area (Å²) in [6, 6.07) is 112. The zero-order chi connectivity index (χ0) is 85.8. The van der Waals surface area contributed by atoms with Gasteiger partial charge in [-0.15, -0.1) is 23.5 Å². The fraction of sp³-hybridized carbons (Fsp3) is 0.142. The van der Waals surface area contributed by atoms with Gasteiger partial charge in [-0.25, -0.2) is 0 Å². The van der Waals surface area contributed by atoms with Crippen LogP contribution in [0.1, 0.15) is 89.6 Å². The van der Waals surface area contributed by atoms with Gasteiger partial charge in [0.1, 0.15) is 5.75 Å². The number of amides is 1. The van der Waals surface area contributed by atoms with E-state index in [1.165, 1.54) is 132 Å². The number of carbonyl (C=O) groups excluding carboxylic acids is 1. The molecule has 0 bridgehead atoms. The maximum atomic E-state index is 13.5. The molecule has 22 rings (SSSR count). The normalized spacial score (nSPS) is 13.0. The summed E-state index contributed by atoms with van der Waals surface area (Å²) in [5, 5.41) is 0.828. The SMILES string of the molecule is CCSc1ccc2c(c1)Cc1ccccc1S2.CN(C)c1ccc2c(c1)Sc1cc(N(C)C)ccc1N2C(=O)c1ccccc1.COc1ccc2c(c1)Cc1ccccc1S2.CSc1ccc2c(c1)Cc1ccccc1S2.Clc1ccc2c(c1)Cc1ccccc1S2.FC(F)(F)c1ccc2c(c1)Cc1ccccc1S2.c1ccc2c(c1)Cc1ccccc1S2. The summed E-state index contributed by atoms with van der Waals surface area (Å²) >= 11 is 22.3. The van der Waals surface area contributed by atoms with Crippen LogP contribution in [0.15, 0.2) is 406 Å². The zero-order valence-corrected chi connectivity index (χ0v) is 77.6. The van der Waals surface area contributed by atoms with Crippen LogP contribution in [0.25, 0.3) is 0 Å². The fourth-order valence-corrected chi connectivity index (χ4v) is 24.0. The van der Waals surface area contributed by atoms with Crippen LogP contribution >= 0.6 is 117 Å². The van der Waals surface area contributed by atoms with Gasteiger partial charge in [-0.3, -0.25) is 9.69 Å². The maximum Gasteiger partial charge on any atom is 0.416 e. The minimum absolute atomic E-state index is 0.0152. The largest absolute Gasteiger partial charge is 0.497 e. The van der Waals surface area contributed by atoms with E-state index in [0.29, 0.717) is 12.0 Å². The average molecular weight is 1820 g/mol. The van der Waals surface area contributed by atoms with Crippen LogP contribution in [0.5, 0.6) is 5.75 Å². The van der Waals surface area contributed by atoms with Crippen LogP contribution in [0.4, 0.5) is 35.9 Å². The van der Waals surface area contributed by atoms with Gasteiger partial charge in [0.2, 0.25) is 0 Å². The number of benzene rings is 15. The Hall–Kier alpha value is -9.60. The van der Waals surface area contributed by atoms with E-state index < -0.39 is 11.7 Å². The first kappa shape index (κ1) is 87.9. The number of hydrogen-bond donors (Lipinski definition) is 0. The van der Waals surface area contributed by atoms with Crippen molar-refractivity contribution in [3.63, 3.8) is 0 Å². The second-order valence-corrected chi connectivity index (χ2v) is 40.6. The molecule has 0 unspecified atom stereocenters. The minimum Gasteiger partial charge on any atom is -0.497 e. The maximum absolute atomic E-state index is 13.5. The molecule has 15 aromatic carbocycles. The van der Waals surface area contributed by atoms with Crippen LogP contribution in [0.2, 0.25) is 5.02 Å². The number of nitrogens with zero attached hydrogens (tertiary/aromatic N) is 3. The molecule has 622 valence electrons. The summed E-state index contributed by atoms with van der Waals surface area (Å²) in [6.07, 6.45) is 3.68. The Kier molecular flexibility index (Phi) is 28.9. The molecule has 15 aromatic rings. The van der Waals surface area contributed by atoms with E-state index in [1.54, 1.807) is 24.9 Å². The van der Waals surface area contributed by atoms with Crippen molar-refractivity contribution in [2.75, 3.05) is 62.0 Å². The smallest absolute Gasteiger partial charge is 0.416 e. The van der Waals surface area contributed by atoms with Gasteiger partial charge in [0, 0.05) is 128 Å². The van der Waals surface area contributed by atoms with Crippen molar-refractivity contribution in [2.45, 2.75) is 130 Å². The third-order valence-electron chi connectivity index (χ3n) is 21.5. The topological polar surface area (TPSA) is 36.0 Å². The highest BCUT2D eigenvalue weighted by Gasteiger charge is 2.33. The molecule has 7 aliphatic rings. The molecule has 0 spiro atoms. The van der Waals surface area contributed by atoms with Crippen molar-refractivity contribution in [2.24, 2.45) is 0 Å². The highest BCUT2D eigenvalue weighted by atomic mass is 35.5. The second-order valence-electron chi connectivity index (χ2n) is 30.4. The number of hydrogen-bond acceptors (Lipinski definition) is 13. The fourth-order valence-electron chi connectivity index (χ4n) is 15.1. The number of thioether (sulfide) groups is 2. The first-order valence-corrected chi connectivity index (χ1v) is 49.1. The molecule has 1 amide bonds. The van der Waals surface area contributed by atoms with E-state index in [1.807, 2.05) is 194 Å². The standard InChI is InChI=1S/C23H23N3OS.C15H14S2.C14H9F3S.C14H12OS.C14H12S2.C13H9ClS.C13H10S/c1-24(2)17-10-12-19-21(14-17)28-22-15-18(25(3)4)11-13-20(22)26(19)23(27)16-8-6-5-7-9-16;1-2-16-13-7-8-15-12(10-13)9-11-5-3-4-6-14(11)17-15;15-14(16,17)11-5-6-13-10(8-11)7-9-3-1-2-4-12(9)18-13;2*1-15-12-6-7-14-11(9-12)8-10-4-2-3-5-13(10)16-14;14-11-5-6-13-10(8-11)7-9-3-1-2-4-12(9)15-13;1-3-7-12-10(5-1)9-11-6-2-4-8-13(11)14-12/h5-15H,1-4H3;3-8,10H,2,9H2,1H3;1-6,8H,7H2;2*2-7,9H,8H2,1H3;1-6,8H,7H2;1-8H,9H2. The molecule has 7 heterocycles. The van der Waals surface area contributed by atoms with Crippen LogP contribution in [-0.2, 0) is 44.7 Å². The monoisotopic (exact) mass is 1820 g/mol. The lowest BCUT2D eigenvalue weighted by atomic mass is 10.0. The summed E-state index contributed by atoms with van der Waals surface area (Å²) in [6.45, 7) is 2.20. The Morgan fingerprint density at radius 2 is 0.669 bits per heavy atom. The lowest BCUT2D eigenvalue weighted by Crippen LogP contribution is -2.28. The van der Waals surface area contributed by atoms with E-state index in [-0.39, 0.29) is 5.91 Å². The number of anilines is 4. The third kappa shape index (κ3) is 21.4. The molecule has 0 saturated heterocycles. The van der Waals surface area contributed by atoms with Crippen molar-refractivity contribution >= 4 is 146 Å². The molecule has 0 aliphatic carbocycles. The Labute approximate surface area is 770 Å². The second kappa shape index (κ2) is 40.8. The highest BCUT2D eigenvalue weighted by molar-refractivity contribution is 8.01. The highest BCUT2D eigenvalue weighted by Crippen LogP contribution is 2.52. The lowest BCUT2D eigenvalue weighted by molar-refractivity contribution is -0.137. The number of carbonyl (C=O) groups is 1. The Bertz CT molecular complexity index is 6140. The Morgan fingerprint density at radius 1 is 0.355 bits per heavy atom. The Morgan fingerprint density at radius 3 is 1.05 bits per heavy atom. The van der Waals surface area contributed by atoms with E-state index in [2.05, 4.69) is 254 Å². The Balaban J connectivity index is 0.000000108. The van der Waals surface area contributed by atoms with Gasteiger partial charge in [-0.05, 0) is 299 Å². The number of halogens is 4. The summed E-state index contributed by atoms with van der Waals surface area (Å²) in [5.74, 6) is 2.07. The quantitative estimate of drug-likeness (QED) is 0.142. The van der Waals surface area contributed by atoms with Crippen molar-refractivity contribution in [3.05, 3.63) is 410 Å². The van der Waals surface area contributed by atoms with Crippen molar-refractivity contribution in [1.29, 1.82) is 0 Å². The molecule has 0 radical (unpaired) electrons. The summed E-state index contributed by atoms with van der Waals surface area (Å²) in [5.41, 5.74) is 20.3. The number of methoxy groups -OCH3 is 1. The van der Waals surface area contributed by atoms with Gasteiger partial charge in [0.05, 0.1) is 24.0 Å². The zero-order valence-electron chi connectivity index (χ0n) is 69.5. The predicted molar refractivity (Wildman–Crippen MR) is 522 cm³/mol. The number of ether oxygens (including phenoxy) is 1. The van der Waals surface area contributed by atoms with Gasteiger partial charge in [-0.2, -0.15) is 13.2 Å². The first-order chi connectivity index (χ1) is 60.3. The lowest BCUT2D eigenvalue weighted by Gasteiger charge is -2.32.